The van der Waals surface area contributed by atoms with E-state index in [9.17, 15) is 8.42 Å². The van der Waals surface area contributed by atoms with Gasteiger partial charge in [0.25, 0.3) is 10.0 Å². The average molecular weight is 314 g/mol. The molecule has 2 aromatic heterocycles. The molecule has 0 aliphatic rings. The highest BCUT2D eigenvalue weighted by molar-refractivity contribution is 7.92. The topological polar surface area (TPSA) is 110 Å². The van der Waals surface area contributed by atoms with Gasteiger partial charge in [0, 0.05) is 18.1 Å². The lowest BCUT2D eigenvalue weighted by Crippen LogP contribution is -2.15. The van der Waals surface area contributed by atoms with Crippen LogP contribution < -0.4 is 16.0 Å². The molecule has 0 atom stereocenters. The van der Waals surface area contributed by atoms with E-state index >= 15 is 0 Å². The van der Waals surface area contributed by atoms with Gasteiger partial charge >= 0.3 is 0 Å². The van der Waals surface area contributed by atoms with E-state index in [0.29, 0.717) is 11.4 Å². The van der Waals surface area contributed by atoms with Crippen molar-refractivity contribution in [1.82, 2.24) is 9.97 Å². The number of rotatable bonds is 4. The van der Waals surface area contributed by atoms with Crippen molar-refractivity contribution in [1.29, 1.82) is 0 Å². The highest BCUT2D eigenvalue weighted by atomic mass is 35.5. The Balaban J connectivity index is 2.33. The lowest BCUT2D eigenvalue weighted by molar-refractivity contribution is 0.601. The largest absolute Gasteiger partial charge is 0.307 e. The molecule has 0 fully saturated rings. The number of nitrogens with one attached hydrogen (secondary N) is 2. The minimum atomic E-state index is -3.77. The van der Waals surface area contributed by atoms with Crippen molar-refractivity contribution in [2.45, 2.75) is 11.8 Å². The van der Waals surface area contributed by atoms with E-state index in [2.05, 4.69) is 20.1 Å². The second-order valence-electron chi connectivity index (χ2n) is 3.94. The number of halogens is 1. The Morgan fingerprint density at radius 1 is 1.30 bits per heavy atom. The molecule has 0 amide bonds. The molecule has 0 saturated heterocycles. The second kappa shape index (κ2) is 5.61. The van der Waals surface area contributed by atoms with Crippen LogP contribution in [0.2, 0.25) is 5.02 Å². The van der Waals surface area contributed by atoms with Crippen LogP contribution in [-0.4, -0.2) is 18.4 Å². The molecule has 0 unspecified atom stereocenters. The van der Waals surface area contributed by atoms with E-state index in [4.69, 9.17) is 17.4 Å². The third kappa shape index (κ3) is 3.16. The van der Waals surface area contributed by atoms with Crippen molar-refractivity contribution < 1.29 is 8.42 Å². The number of pyridine rings is 2. The number of sulfonamides is 1. The molecule has 7 nitrogen and oxygen atoms in total. The number of anilines is 2. The summed E-state index contributed by atoms with van der Waals surface area (Å²) in [6, 6.07) is 4.43. The second-order valence-corrected chi connectivity index (χ2v) is 6.03. The summed E-state index contributed by atoms with van der Waals surface area (Å²) >= 11 is 5.86. The van der Waals surface area contributed by atoms with E-state index in [1.54, 1.807) is 19.1 Å². The Labute approximate surface area is 121 Å². The molecule has 0 radical (unpaired) electrons. The predicted octanol–water partition coefficient (Wildman–Crippen LogP) is 1.52. The van der Waals surface area contributed by atoms with Crippen LogP contribution in [0.4, 0.5) is 11.5 Å². The third-order valence-corrected chi connectivity index (χ3v) is 4.05. The van der Waals surface area contributed by atoms with Gasteiger partial charge in [0.2, 0.25) is 0 Å². The molecule has 20 heavy (non-hydrogen) atoms. The van der Waals surface area contributed by atoms with Crippen molar-refractivity contribution in [3.63, 3.8) is 0 Å². The van der Waals surface area contributed by atoms with Gasteiger partial charge in [-0.25, -0.2) is 19.2 Å². The fourth-order valence-electron chi connectivity index (χ4n) is 1.50. The predicted molar refractivity (Wildman–Crippen MR) is 76.8 cm³/mol. The highest BCUT2D eigenvalue weighted by Gasteiger charge is 2.16. The molecule has 2 heterocycles. The zero-order valence-electron chi connectivity index (χ0n) is 10.5. The molecule has 0 saturated carbocycles. The minimum absolute atomic E-state index is 0.0593. The standard InChI is InChI=1S/C11H12ClN5O2S/c1-7-4-8(2-3-14-7)17-20(18,19)9-5-10(12)11(16-13)15-6-9/h2-6H,13H2,1H3,(H,14,17)(H,15,16). The monoisotopic (exact) mass is 313 g/mol. The third-order valence-electron chi connectivity index (χ3n) is 2.41. The quantitative estimate of drug-likeness (QED) is 0.583. The van der Waals surface area contributed by atoms with E-state index in [1.807, 2.05) is 0 Å². The van der Waals surface area contributed by atoms with Gasteiger partial charge in [-0.15, -0.1) is 0 Å². The number of nitrogens with zero attached hydrogens (tertiary/aromatic N) is 2. The maximum Gasteiger partial charge on any atom is 0.263 e. The number of nitrogen functional groups attached to an aromatic ring is 1. The molecule has 106 valence electrons. The Morgan fingerprint density at radius 3 is 2.65 bits per heavy atom. The first-order valence-electron chi connectivity index (χ1n) is 5.50. The van der Waals surface area contributed by atoms with Gasteiger partial charge in [0.1, 0.15) is 4.90 Å². The van der Waals surface area contributed by atoms with Crippen molar-refractivity contribution in [2.75, 3.05) is 10.1 Å². The highest BCUT2D eigenvalue weighted by Crippen LogP contribution is 2.23. The number of aromatic nitrogens is 2. The van der Waals surface area contributed by atoms with Gasteiger partial charge in [-0.3, -0.25) is 9.71 Å². The zero-order valence-corrected chi connectivity index (χ0v) is 12.0. The number of hydrogen-bond acceptors (Lipinski definition) is 6. The molecule has 2 aromatic rings. The summed E-state index contributed by atoms with van der Waals surface area (Å²) in [4.78, 5) is 7.75. The lowest BCUT2D eigenvalue weighted by atomic mass is 10.3. The van der Waals surface area contributed by atoms with Crippen LogP contribution in [0.1, 0.15) is 5.69 Å². The van der Waals surface area contributed by atoms with Crippen LogP contribution in [0.5, 0.6) is 0 Å². The maximum atomic E-state index is 12.2. The summed E-state index contributed by atoms with van der Waals surface area (Å²) in [6.07, 6.45) is 2.68. The number of hydrazine groups is 1. The summed E-state index contributed by atoms with van der Waals surface area (Å²) in [5.41, 5.74) is 3.37. The van der Waals surface area contributed by atoms with Crippen LogP contribution in [-0.2, 0) is 10.0 Å². The van der Waals surface area contributed by atoms with Crippen molar-refractivity contribution in [2.24, 2.45) is 5.84 Å². The summed E-state index contributed by atoms with van der Waals surface area (Å²) in [5.74, 6) is 5.38. The fraction of sp³-hybridized carbons (Fsp3) is 0.0909. The first-order valence-corrected chi connectivity index (χ1v) is 7.36. The van der Waals surface area contributed by atoms with Crippen LogP contribution in [0, 0.1) is 6.92 Å². The van der Waals surface area contributed by atoms with E-state index < -0.39 is 10.0 Å². The molecule has 0 aliphatic heterocycles. The van der Waals surface area contributed by atoms with Crippen molar-refractivity contribution in [3.8, 4) is 0 Å². The molecular weight excluding hydrogens is 302 g/mol. The maximum absolute atomic E-state index is 12.2. The molecule has 2 rings (SSSR count). The number of nitrogens with two attached hydrogens (primary N) is 1. The van der Waals surface area contributed by atoms with E-state index in [-0.39, 0.29) is 15.7 Å². The molecule has 0 spiro atoms. The van der Waals surface area contributed by atoms with Gasteiger partial charge in [-0.05, 0) is 25.1 Å². The molecule has 4 N–H and O–H groups in total. The Kier molecular flexibility index (Phi) is 4.07. The summed E-state index contributed by atoms with van der Waals surface area (Å²) in [6.45, 7) is 1.76. The molecule has 0 bridgehead atoms. The van der Waals surface area contributed by atoms with Gasteiger partial charge in [0.05, 0.1) is 10.7 Å². The van der Waals surface area contributed by atoms with E-state index in [1.165, 1.54) is 12.3 Å². The van der Waals surface area contributed by atoms with E-state index in [0.717, 1.165) is 6.20 Å². The number of hydrogen-bond donors (Lipinski definition) is 3. The molecule has 0 aliphatic carbocycles. The summed E-state index contributed by atoms with van der Waals surface area (Å²) in [5, 5.41) is 0.112. The Bertz CT molecular complexity index is 735. The minimum Gasteiger partial charge on any atom is -0.307 e. The van der Waals surface area contributed by atoms with Gasteiger partial charge in [-0.1, -0.05) is 11.6 Å². The van der Waals surface area contributed by atoms with Crippen molar-refractivity contribution >= 4 is 33.1 Å². The number of aryl methyl sites for hydroxylation is 1. The zero-order chi connectivity index (χ0) is 14.8. The van der Waals surface area contributed by atoms with Gasteiger partial charge in [-0.2, -0.15) is 0 Å². The van der Waals surface area contributed by atoms with Crippen molar-refractivity contribution in [3.05, 3.63) is 41.3 Å². The molecule has 9 heteroatoms. The summed E-state index contributed by atoms with van der Waals surface area (Å²) in [7, 11) is -3.77. The molecular formula is C11H12ClN5O2S. The van der Waals surface area contributed by atoms with Gasteiger partial charge < -0.3 is 5.43 Å². The lowest BCUT2D eigenvalue weighted by Gasteiger charge is -2.09. The smallest absolute Gasteiger partial charge is 0.263 e. The van der Waals surface area contributed by atoms with Crippen LogP contribution in [0.25, 0.3) is 0 Å². The van der Waals surface area contributed by atoms with Gasteiger partial charge in [0.15, 0.2) is 5.82 Å². The first-order chi connectivity index (χ1) is 9.42. The van der Waals surface area contributed by atoms with Crippen LogP contribution in [0.3, 0.4) is 0 Å². The SMILES string of the molecule is Cc1cc(NS(=O)(=O)c2cnc(NN)c(Cl)c2)ccn1. The molecule has 0 aromatic carbocycles. The Morgan fingerprint density at radius 2 is 2.05 bits per heavy atom. The van der Waals surface area contributed by atoms with Crippen LogP contribution in [0.15, 0.2) is 35.5 Å². The Hall–Kier alpha value is -1.90. The average Bonchev–Trinajstić information content (AvgIpc) is 2.38. The first kappa shape index (κ1) is 14.5. The summed E-state index contributed by atoms with van der Waals surface area (Å²) < 4.78 is 26.8. The van der Waals surface area contributed by atoms with Crippen LogP contribution >= 0.6 is 11.6 Å². The fourth-order valence-corrected chi connectivity index (χ4v) is 2.80. The normalized spacial score (nSPS) is 11.2.